The first-order valence-electron chi connectivity index (χ1n) is 8.93. The number of methoxy groups -OCH3 is 1. The van der Waals surface area contributed by atoms with E-state index in [9.17, 15) is 16.8 Å². The monoisotopic (exact) mass is 442 g/mol. The van der Waals surface area contributed by atoms with Crippen molar-refractivity contribution in [3.05, 3.63) is 48.0 Å². The van der Waals surface area contributed by atoms with Crippen LogP contribution in [-0.2, 0) is 26.5 Å². The van der Waals surface area contributed by atoms with Crippen molar-refractivity contribution in [1.82, 2.24) is 9.03 Å². The second-order valence-corrected chi connectivity index (χ2v) is 10.3. The van der Waals surface area contributed by atoms with Gasteiger partial charge in [-0.05, 0) is 54.4 Å². The molecule has 0 aliphatic carbocycles. The molecule has 0 unspecified atom stereocenters. The molecule has 0 fully saturated rings. The highest BCUT2D eigenvalue weighted by Gasteiger charge is 2.17. The Morgan fingerprint density at radius 2 is 1.59 bits per heavy atom. The van der Waals surface area contributed by atoms with Gasteiger partial charge in [0.2, 0.25) is 20.0 Å². The average Bonchev–Trinajstić information content (AvgIpc) is 2.70. The van der Waals surface area contributed by atoms with E-state index in [4.69, 9.17) is 9.47 Å². The van der Waals surface area contributed by atoms with Crippen LogP contribution in [-0.4, -0.2) is 55.5 Å². The maximum absolute atomic E-state index is 12.5. The zero-order chi connectivity index (χ0) is 21.7. The molecule has 2 rings (SSSR count). The minimum absolute atomic E-state index is 0.0631. The molecule has 0 atom stereocenters. The minimum Gasteiger partial charge on any atom is -0.496 e. The van der Waals surface area contributed by atoms with Gasteiger partial charge in [0.05, 0.1) is 16.9 Å². The maximum Gasteiger partial charge on any atom is 0.242 e. The predicted octanol–water partition coefficient (Wildman–Crippen LogP) is 1.87. The lowest BCUT2D eigenvalue weighted by atomic mass is 10.1. The summed E-state index contributed by atoms with van der Waals surface area (Å²) in [4.78, 5) is 0.315. The van der Waals surface area contributed by atoms with E-state index in [2.05, 4.69) is 4.72 Å². The molecular formula is C19H26N2O6S2. The van der Waals surface area contributed by atoms with Crippen molar-refractivity contribution < 1.29 is 26.3 Å². The van der Waals surface area contributed by atoms with E-state index in [0.717, 1.165) is 9.87 Å². The van der Waals surface area contributed by atoms with Gasteiger partial charge in [0.1, 0.15) is 18.1 Å². The van der Waals surface area contributed by atoms with Crippen molar-refractivity contribution in [2.75, 3.05) is 34.4 Å². The average molecular weight is 443 g/mol. The molecule has 0 spiro atoms. The molecule has 8 nitrogen and oxygen atoms in total. The third-order valence-electron chi connectivity index (χ3n) is 4.21. The summed E-state index contributed by atoms with van der Waals surface area (Å²) in [5.41, 5.74) is 0.805. The van der Waals surface area contributed by atoms with Gasteiger partial charge >= 0.3 is 0 Å². The van der Waals surface area contributed by atoms with E-state index in [1.54, 1.807) is 19.2 Å². The van der Waals surface area contributed by atoms with Gasteiger partial charge < -0.3 is 9.47 Å². The van der Waals surface area contributed by atoms with Crippen LogP contribution >= 0.6 is 0 Å². The summed E-state index contributed by atoms with van der Waals surface area (Å²) >= 11 is 0. The number of nitrogens with zero attached hydrogens (tertiary/aromatic N) is 1. The standard InChI is InChI=1S/C19H26N2O6S2/c1-5-15-14-18(10-11-19(15)26-4)28(22,23)20-12-13-27-16-6-8-17(9-7-16)29(24,25)21(2)3/h6-11,14,20H,5,12-13H2,1-4H3. The summed E-state index contributed by atoms with van der Waals surface area (Å²) < 4.78 is 63.3. The Balaban J connectivity index is 1.95. The summed E-state index contributed by atoms with van der Waals surface area (Å²) in [5, 5.41) is 0. The Kier molecular flexibility index (Phi) is 7.64. The molecule has 0 aliphatic heterocycles. The van der Waals surface area contributed by atoms with E-state index in [1.165, 1.54) is 44.4 Å². The summed E-state index contributed by atoms with van der Waals surface area (Å²) in [7, 11) is -2.73. The van der Waals surface area contributed by atoms with Gasteiger partial charge in [-0.25, -0.2) is 25.9 Å². The van der Waals surface area contributed by atoms with Gasteiger partial charge in [0, 0.05) is 20.6 Å². The van der Waals surface area contributed by atoms with Gasteiger partial charge in [-0.1, -0.05) is 6.92 Å². The van der Waals surface area contributed by atoms with Crippen LogP contribution in [0, 0.1) is 0 Å². The molecule has 0 heterocycles. The number of hydrogen-bond acceptors (Lipinski definition) is 6. The fraction of sp³-hybridized carbons (Fsp3) is 0.368. The largest absolute Gasteiger partial charge is 0.496 e. The van der Waals surface area contributed by atoms with Crippen LogP contribution < -0.4 is 14.2 Å². The highest BCUT2D eigenvalue weighted by atomic mass is 32.2. The normalized spacial score (nSPS) is 12.2. The van der Waals surface area contributed by atoms with E-state index in [0.29, 0.717) is 17.9 Å². The molecule has 0 saturated carbocycles. The van der Waals surface area contributed by atoms with Crippen LogP contribution in [0.3, 0.4) is 0 Å². The molecule has 0 saturated heterocycles. The molecule has 0 bridgehead atoms. The second kappa shape index (κ2) is 9.57. The van der Waals surface area contributed by atoms with Gasteiger partial charge in [-0.3, -0.25) is 0 Å². The highest BCUT2D eigenvalue weighted by Crippen LogP contribution is 2.23. The second-order valence-electron chi connectivity index (χ2n) is 6.33. The smallest absolute Gasteiger partial charge is 0.242 e. The molecule has 2 aromatic carbocycles. The van der Waals surface area contributed by atoms with Crippen LogP contribution in [0.4, 0.5) is 0 Å². The third kappa shape index (κ3) is 5.69. The molecular weight excluding hydrogens is 416 g/mol. The lowest BCUT2D eigenvalue weighted by Gasteiger charge is -2.13. The van der Waals surface area contributed by atoms with E-state index < -0.39 is 20.0 Å². The third-order valence-corrected chi connectivity index (χ3v) is 7.50. The molecule has 0 radical (unpaired) electrons. The van der Waals surface area contributed by atoms with Crippen LogP contribution in [0.1, 0.15) is 12.5 Å². The van der Waals surface area contributed by atoms with Gasteiger partial charge in [-0.15, -0.1) is 0 Å². The number of nitrogens with one attached hydrogen (secondary N) is 1. The Hall–Kier alpha value is -2.14. The van der Waals surface area contributed by atoms with E-state index >= 15 is 0 Å². The topological polar surface area (TPSA) is 102 Å². The highest BCUT2D eigenvalue weighted by molar-refractivity contribution is 7.89. The molecule has 2 aromatic rings. The SMILES string of the molecule is CCc1cc(S(=O)(=O)NCCOc2ccc(S(=O)(=O)N(C)C)cc2)ccc1OC. The van der Waals surface area contributed by atoms with Crippen molar-refractivity contribution in [3.63, 3.8) is 0 Å². The van der Waals surface area contributed by atoms with Crippen molar-refractivity contribution in [3.8, 4) is 11.5 Å². The molecule has 0 aromatic heterocycles. The first-order chi connectivity index (χ1) is 13.6. The number of benzene rings is 2. The lowest BCUT2D eigenvalue weighted by Crippen LogP contribution is -2.28. The van der Waals surface area contributed by atoms with Crippen molar-refractivity contribution >= 4 is 20.0 Å². The van der Waals surface area contributed by atoms with Gasteiger partial charge in [0.25, 0.3) is 0 Å². The zero-order valence-electron chi connectivity index (χ0n) is 16.9. The fourth-order valence-corrected chi connectivity index (χ4v) is 4.51. The first-order valence-corrected chi connectivity index (χ1v) is 11.9. The lowest BCUT2D eigenvalue weighted by molar-refractivity contribution is 0.322. The van der Waals surface area contributed by atoms with Crippen LogP contribution in [0.5, 0.6) is 11.5 Å². The van der Waals surface area contributed by atoms with Crippen molar-refractivity contribution in [2.45, 2.75) is 23.1 Å². The predicted molar refractivity (Wildman–Crippen MR) is 110 cm³/mol. The fourth-order valence-electron chi connectivity index (χ4n) is 2.55. The summed E-state index contributed by atoms with van der Waals surface area (Å²) in [6, 6.07) is 10.7. The number of aryl methyl sites for hydroxylation is 1. The van der Waals surface area contributed by atoms with Gasteiger partial charge in [0.15, 0.2) is 0 Å². The minimum atomic E-state index is -3.68. The summed E-state index contributed by atoms with van der Waals surface area (Å²) in [6.07, 6.45) is 0.648. The number of hydrogen-bond donors (Lipinski definition) is 1. The summed E-state index contributed by atoms with van der Waals surface area (Å²) in [6.45, 7) is 2.08. The number of rotatable bonds is 10. The Bertz CT molecular complexity index is 1030. The molecule has 10 heteroatoms. The molecule has 0 aliphatic rings. The van der Waals surface area contributed by atoms with Gasteiger partial charge in [-0.2, -0.15) is 0 Å². The first kappa shape index (κ1) is 23.1. The van der Waals surface area contributed by atoms with Crippen LogP contribution in [0.15, 0.2) is 52.3 Å². The van der Waals surface area contributed by atoms with E-state index in [-0.39, 0.29) is 22.9 Å². The Morgan fingerprint density at radius 3 is 2.14 bits per heavy atom. The molecule has 0 amide bonds. The van der Waals surface area contributed by atoms with E-state index in [1.807, 2.05) is 6.92 Å². The molecule has 29 heavy (non-hydrogen) atoms. The summed E-state index contributed by atoms with van der Waals surface area (Å²) in [5.74, 6) is 1.09. The van der Waals surface area contributed by atoms with Crippen molar-refractivity contribution in [2.24, 2.45) is 0 Å². The van der Waals surface area contributed by atoms with Crippen LogP contribution in [0.25, 0.3) is 0 Å². The Labute approximate surface area is 172 Å². The quantitative estimate of drug-likeness (QED) is 0.564. The molecule has 1 N–H and O–H groups in total. The van der Waals surface area contributed by atoms with Crippen molar-refractivity contribution in [1.29, 1.82) is 0 Å². The number of sulfonamides is 2. The maximum atomic E-state index is 12.5. The van der Waals surface area contributed by atoms with Crippen LogP contribution in [0.2, 0.25) is 0 Å². The zero-order valence-corrected chi connectivity index (χ0v) is 18.5. The number of ether oxygens (including phenoxy) is 2. The Morgan fingerprint density at radius 1 is 0.966 bits per heavy atom. The molecule has 160 valence electrons.